The Labute approximate surface area is 107 Å². The molecule has 0 fully saturated rings. The zero-order chi connectivity index (χ0) is 13.4. The normalized spacial score (nSPS) is 9.94. The molecule has 0 saturated heterocycles. The molecule has 0 unspecified atom stereocenters. The second-order valence-corrected chi connectivity index (χ2v) is 3.58. The molecule has 0 heterocycles. The lowest BCUT2D eigenvalue weighted by Crippen LogP contribution is -2.12. The highest BCUT2D eigenvalue weighted by Gasteiger charge is 2.09. The molecule has 0 spiro atoms. The number of benzene rings is 1. The number of ether oxygens (including phenoxy) is 4. The van der Waals surface area contributed by atoms with E-state index < -0.39 is 0 Å². The Balaban J connectivity index is 2.59. The summed E-state index contributed by atoms with van der Waals surface area (Å²) in [6.45, 7) is 0.667. The third-order valence-electron chi connectivity index (χ3n) is 2.35. The summed E-state index contributed by atoms with van der Waals surface area (Å²) in [7, 11) is 4.68. The molecular formula is C13H18O5. The summed E-state index contributed by atoms with van der Waals surface area (Å²) < 4.78 is 20.1. The molecular weight excluding hydrogens is 236 g/mol. The smallest absolute Gasteiger partial charge is 0.310 e. The van der Waals surface area contributed by atoms with Crippen LogP contribution in [0.5, 0.6) is 11.5 Å². The Morgan fingerprint density at radius 3 is 2.39 bits per heavy atom. The number of carbonyl (C=O) groups is 1. The van der Waals surface area contributed by atoms with E-state index in [0.29, 0.717) is 18.1 Å². The maximum atomic E-state index is 11.5. The Morgan fingerprint density at radius 2 is 1.78 bits per heavy atom. The molecule has 0 aliphatic carbocycles. The molecule has 1 aromatic carbocycles. The summed E-state index contributed by atoms with van der Waals surface area (Å²) in [5.74, 6) is 0.938. The SMILES string of the molecule is COCCOC(=O)Cc1ccc(OC)c(OC)c1. The fraction of sp³-hybridized carbons (Fsp3) is 0.462. The minimum atomic E-state index is -0.292. The van der Waals surface area contributed by atoms with E-state index in [4.69, 9.17) is 18.9 Å². The Hall–Kier alpha value is -1.75. The average molecular weight is 254 g/mol. The first kappa shape index (κ1) is 14.3. The zero-order valence-electron chi connectivity index (χ0n) is 10.9. The number of hydrogen-bond donors (Lipinski definition) is 0. The molecule has 5 heteroatoms. The van der Waals surface area contributed by atoms with Gasteiger partial charge in [-0.15, -0.1) is 0 Å². The standard InChI is InChI=1S/C13H18O5/c1-15-6-7-18-13(14)9-10-4-5-11(16-2)12(8-10)17-3/h4-5,8H,6-7,9H2,1-3H3. The average Bonchev–Trinajstić information content (AvgIpc) is 2.39. The number of carbonyl (C=O) groups excluding carboxylic acids is 1. The first-order chi connectivity index (χ1) is 8.71. The molecule has 5 nitrogen and oxygen atoms in total. The highest BCUT2D eigenvalue weighted by molar-refractivity contribution is 5.73. The Kier molecular flexibility index (Phi) is 6.00. The first-order valence-corrected chi connectivity index (χ1v) is 5.56. The lowest BCUT2D eigenvalue weighted by Gasteiger charge is -2.09. The van der Waals surface area contributed by atoms with Crippen molar-refractivity contribution in [1.82, 2.24) is 0 Å². The van der Waals surface area contributed by atoms with E-state index in [1.165, 1.54) is 0 Å². The van der Waals surface area contributed by atoms with Crippen molar-refractivity contribution in [1.29, 1.82) is 0 Å². The fourth-order valence-electron chi connectivity index (χ4n) is 1.45. The molecule has 0 N–H and O–H groups in total. The highest BCUT2D eigenvalue weighted by atomic mass is 16.6. The van der Waals surface area contributed by atoms with Crippen LogP contribution in [0.1, 0.15) is 5.56 Å². The van der Waals surface area contributed by atoms with Gasteiger partial charge in [0.15, 0.2) is 11.5 Å². The Morgan fingerprint density at radius 1 is 1.06 bits per heavy atom. The predicted octanol–water partition coefficient (Wildman–Crippen LogP) is 1.44. The van der Waals surface area contributed by atoms with Crippen molar-refractivity contribution >= 4 is 5.97 Å². The van der Waals surface area contributed by atoms with Crippen LogP contribution in [-0.2, 0) is 20.7 Å². The van der Waals surface area contributed by atoms with E-state index in [2.05, 4.69) is 0 Å². The molecule has 0 aliphatic heterocycles. The van der Waals surface area contributed by atoms with E-state index in [1.807, 2.05) is 0 Å². The molecule has 0 atom stereocenters. The number of rotatable bonds is 7. The summed E-state index contributed by atoms with van der Waals surface area (Å²) in [4.78, 5) is 11.5. The van der Waals surface area contributed by atoms with Crippen molar-refractivity contribution in [3.8, 4) is 11.5 Å². The second kappa shape index (κ2) is 7.55. The lowest BCUT2D eigenvalue weighted by atomic mass is 10.1. The van der Waals surface area contributed by atoms with Crippen LogP contribution in [0.25, 0.3) is 0 Å². The zero-order valence-corrected chi connectivity index (χ0v) is 10.9. The van der Waals surface area contributed by atoms with Crippen molar-refractivity contribution in [3.05, 3.63) is 23.8 Å². The van der Waals surface area contributed by atoms with Crippen LogP contribution < -0.4 is 9.47 Å². The van der Waals surface area contributed by atoms with Gasteiger partial charge in [0.1, 0.15) is 6.61 Å². The maximum absolute atomic E-state index is 11.5. The third-order valence-corrected chi connectivity index (χ3v) is 2.35. The van der Waals surface area contributed by atoms with E-state index in [1.54, 1.807) is 39.5 Å². The van der Waals surface area contributed by atoms with Gasteiger partial charge in [-0.1, -0.05) is 6.07 Å². The quantitative estimate of drug-likeness (QED) is 0.544. The minimum Gasteiger partial charge on any atom is -0.493 e. The molecule has 0 radical (unpaired) electrons. The van der Waals surface area contributed by atoms with Crippen molar-refractivity contribution in [2.45, 2.75) is 6.42 Å². The molecule has 0 saturated carbocycles. The molecule has 18 heavy (non-hydrogen) atoms. The molecule has 1 aromatic rings. The molecule has 100 valence electrons. The second-order valence-electron chi connectivity index (χ2n) is 3.58. The molecule has 0 aliphatic rings. The van der Waals surface area contributed by atoms with Gasteiger partial charge in [-0.3, -0.25) is 4.79 Å². The molecule has 0 bridgehead atoms. The lowest BCUT2D eigenvalue weighted by molar-refractivity contribution is -0.144. The monoisotopic (exact) mass is 254 g/mol. The van der Waals surface area contributed by atoms with Crippen molar-refractivity contribution in [2.24, 2.45) is 0 Å². The largest absolute Gasteiger partial charge is 0.493 e. The van der Waals surface area contributed by atoms with Crippen LogP contribution in [-0.4, -0.2) is 40.5 Å². The van der Waals surface area contributed by atoms with E-state index in [0.717, 1.165) is 5.56 Å². The van der Waals surface area contributed by atoms with E-state index >= 15 is 0 Å². The summed E-state index contributed by atoms with van der Waals surface area (Å²) in [5.41, 5.74) is 0.815. The number of hydrogen-bond acceptors (Lipinski definition) is 5. The fourth-order valence-corrected chi connectivity index (χ4v) is 1.45. The number of methoxy groups -OCH3 is 3. The van der Waals surface area contributed by atoms with Crippen LogP contribution in [0.3, 0.4) is 0 Å². The molecule has 0 amide bonds. The van der Waals surface area contributed by atoms with Gasteiger partial charge in [-0.2, -0.15) is 0 Å². The van der Waals surface area contributed by atoms with Gasteiger partial charge < -0.3 is 18.9 Å². The van der Waals surface area contributed by atoms with Gasteiger partial charge in [0, 0.05) is 7.11 Å². The summed E-state index contributed by atoms with van der Waals surface area (Å²) in [6, 6.07) is 5.33. The summed E-state index contributed by atoms with van der Waals surface area (Å²) in [6.07, 6.45) is 0.198. The van der Waals surface area contributed by atoms with E-state index in [9.17, 15) is 4.79 Å². The van der Waals surface area contributed by atoms with Crippen LogP contribution in [0, 0.1) is 0 Å². The summed E-state index contributed by atoms with van der Waals surface area (Å²) in [5, 5.41) is 0. The Bertz CT molecular complexity index is 389. The maximum Gasteiger partial charge on any atom is 0.310 e. The highest BCUT2D eigenvalue weighted by Crippen LogP contribution is 2.27. The van der Waals surface area contributed by atoms with Crippen LogP contribution in [0.2, 0.25) is 0 Å². The van der Waals surface area contributed by atoms with Gasteiger partial charge in [0.25, 0.3) is 0 Å². The van der Waals surface area contributed by atoms with Gasteiger partial charge >= 0.3 is 5.97 Å². The van der Waals surface area contributed by atoms with Crippen molar-refractivity contribution in [3.63, 3.8) is 0 Å². The van der Waals surface area contributed by atoms with Crippen molar-refractivity contribution in [2.75, 3.05) is 34.5 Å². The third kappa shape index (κ3) is 4.25. The van der Waals surface area contributed by atoms with Gasteiger partial charge in [-0.25, -0.2) is 0 Å². The molecule has 0 aromatic heterocycles. The predicted molar refractivity (Wildman–Crippen MR) is 66.1 cm³/mol. The van der Waals surface area contributed by atoms with E-state index in [-0.39, 0.29) is 19.0 Å². The van der Waals surface area contributed by atoms with Crippen LogP contribution in [0.4, 0.5) is 0 Å². The molecule has 1 rings (SSSR count). The van der Waals surface area contributed by atoms with Crippen molar-refractivity contribution < 1.29 is 23.7 Å². The van der Waals surface area contributed by atoms with Crippen LogP contribution in [0.15, 0.2) is 18.2 Å². The van der Waals surface area contributed by atoms with Gasteiger partial charge in [-0.05, 0) is 17.7 Å². The topological polar surface area (TPSA) is 54.0 Å². The first-order valence-electron chi connectivity index (χ1n) is 5.56. The number of esters is 1. The van der Waals surface area contributed by atoms with Gasteiger partial charge in [0.05, 0.1) is 27.2 Å². The summed E-state index contributed by atoms with van der Waals surface area (Å²) >= 11 is 0. The van der Waals surface area contributed by atoms with Crippen LogP contribution >= 0.6 is 0 Å². The van der Waals surface area contributed by atoms with Gasteiger partial charge in [0.2, 0.25) is 0 Å². The minimum absolute atomic E-state index is 0.198.